The molecule has 1 aromatic rings. The molecule has 1 fully saturated rings. The van der Waals surface area contributed by atoms with Crippen LogP contribution in [0.25, 0.3) is 0 Å². The summed E-state index contributed by atoms with van der Waals surface area (Å²) < 4.78 is 5.64. The van der Waals surface area contributed by atoms with Crippen LogP contribution in [0.4, 0.5) is 5.69 Å². The standard InChI is InChI=1S/C15H19N3O2/c1-11(15(19)18-7-3-2-4-8-18)20-14-6-5-13(17)9-12(14)10-16/h5-6,9,11H,2-4,7-8,17H2,1H3. The predicted octanol–water partition coefficient (Wildman–Crippen LogP) is 1.92. The van der Waals surface area contributed by atoms with Crippen molar-refractivity contribution < 1.29 is 9.53 Å². The van der Waals surface area contributed by atoms with E-state index in [-0.39, 0.29) is 5.91 Å². The summed E-state index contributed by atoms with van der Waals surface area (Å²) in [5.74, 6) is 0.380. The Labute approximate surface area is 118 Å². The smallest absolute Gasteiger partial charge is 0.263 e. The monoisotopic (exact) mass is 273 g/mol. The molecule has 106 valence electrons. The lowest BCUT2D eigenvalue weighted by molar-refractivity contribution is -0.138. The third-order valence-electron chi connectivity index (χ3n) is 3.44. The molecule has 0 bridgehead atoms. The van der Waals surface area contributed by atoms with Crippen LogP contribution in [0.15, 0.2) is 18.2 Å². The maximum absolute atomic E-state index is 12.3. The molecule has 0 aliphatic carbocycles. The van der Waals surface area contributed by atoms with E-state index in [1.165, 1.54) is 6.42 Å². The van der Waals surface area contributed by atoms with E-state index in [9.17, 15) is 4.79 Å². The van der Waals surface area contributed by atoms with Crippen LogP contribution in [0.1, 0.15) is 31.7 Å². The average molecular weight is 273 g/mol. The van der Waals surface area contributed by atoms with Crippen molar-refractivity contribution in [2.75, 3.05) is 18.8 Å². The first-order valence-corrected chi connectivity index (χ1v) is 6.87. The van der Waals surface area contributed by atoms with E-state index in [1.807, 2.05) is 11.0 Å². The van der Waals surface area contributed by atoms with Crippen molar-refractivity contribution in [3.63, 3.8) is 0 Å². The number of hydrogen-bond donors (Lipinski definition) is 1. The van der Waals surface area contributed by atoms with Gasteiger partial charge in [0, 0.05) is 18.8 Å². The van der Waals surface area contributed by atoms with Gasteiger partial charge in [-0.1, -0.05) is 0 Å². The Hall–Kier alpha value is -2.22. The van der Waals surface area contributed by atoms with Gasteiger partial charge in [0.1, 0.15) is 11.8 Å². The molecule has 5 heteroatoms. The lowest BCUT2D eigenvalue weighted by Crippen LogP contribution is -2.43. The molecule has 2 N–H and O–H groups in total. The van der Waals surface area contributed by atoms with Crippen LogP contribution in [0, 0.1) is 11.3 Å². The van der Waals surface area contributed by atoms with E-state index in [1.54, 1.807) is 25.1 Å². The SMILES string of the molecule is CC(Oc1ccc(N)cc1C#N)C(=O)N1CCCCC1. The van der Waals surface area contributed by atoms with Gasteiger partial charge in [0.25, 0.3) is 5.91 Å². The Balaban J connectivity index is 2.05. The molecule has 0 radical (unpaired) electrons. The van der Waals surface area contributed by atoms with Gasteiger partial charge < -0.3 is 15.4 Å². The molecule has 0 aromatic heterocycles. The summed E-state index contributed by atoms with van der Waals surface area (Å²) in [5.41, 5.74) is 6.48. The topological polar surface area (TPSA) is 79.3 Å². The summed E-state index contributed by atoms with van der Waals surface area (Å²) in [7, 11) is 0. The normalized spacial score (nSPS) is 16.3. The molecule has 0 spiro atoms. The number of nitriles is 1. The van der Waals surface area contributed by atoms with E-state index >= 15 is 0 Å². The zero-order chi connectivity index (χ0) is 14.5. The molecule has 1 aliphatic heterocycles. The first-order chi connectivity index (χ1) is 9.61. The van der Waals surface area contributed by atoms with Crippen LogP contribution >= 0.6 is 0 Å². The fourth-order valence-electron chi connectivity index (χ4n) is 2.35. The van der Waals surface area contributed by atoms with Crippen molar-refractivity contribution >= 4 is 11.6 Å². The van der Waals surface area contributed by atoms with Crippen LogP contribution in [0.5, 0.6) is 5.75 Å². The average Bonchev–Trinajstić information content (AvgIpc) is 2.49. The fraction of sp³-hybridized carbons (Fsp3) is 0.467. The summed E-state index contributed by atoms with van der Waals surface area (Å²) >= 11 is 0. The Bertz CT molecular complexity index is 530. The quantitative estimate of drug-likeness (QED) is 0.853. The number of ether oxygens (including phenoxy) is 1. The highest BCUT2D eigenvalue weighted by atomic mass is 16.5. The number of nitrogens with two attached hydrogens (primary N) is 1. The molecular formula is C15H19N3O2. The number of carbonyl (C=O) groups is 1. The fourth-order valence-corrected chi connectivity index (χ4v) is 2.35. The highest BCUT2D eigenvalue weighted by molar-refractivity contribution is 5.81. The highest BCUT2D eigenvalue weighted by Gasteiger charge is 2.24. The lowest BCUT2D eigenvalue weighted by atomic mass is 10.1. The van der Waals surface area contributed by atoms with Crippen molar-refractivity contribution in [2.45, 2.75) is 32.3 Å². The maximum atomic E-state index is 12.3. The summed E-state index contributed by atoms with van der Waals surface area (Å²) in [5, 5.41) is 9.06. The molecule has 5 nitrogen and oxygen atoms in total. The lowest BCUT2D eigenvalue weighted by Gasteiger charge is -2.29. The molecule has 20 heavy (non-hydrogen) atoms. The molecule has 0 saturated carbocycles. The zero-order valence-corrected chi connectivity index (χ0v) is 11.6. The number of anilines is 1. The van der Waals surface area contributed by atoms with Gasteiger partial charge in [0.05, 0.1) is 5.56 Å². The second kappa shape index (κ2) is 6.29. The molecule has 1 heterocycles. The minimum Gasteiger partial charge on any atom is -0.480 e. The third-order valence-corrected chi connectivity index (χ3v) is 3.44. The van der Waals surface area contributed by atoms with Crippen molar-refractivity contribution in [1.82, 2.24) is 4.90 Å². The minimum absolute atomic E-state index is 0.0228. The number of carbonyl (C=O) groups excluding carboxylic acids is 1. The molecule has 1 amide bonds. The number of nitrogens with zero attached hydrogens (tertiary/aromatic N) is 2. The van der Waals surface area contributed by atoms with Crippen molar-refractivity contribution in [3.05, 3.63) is 23.8 Å². The third kappa shape index (κ3) is 3.21. The number of likely N-dealkylation sites (tertiary alicyclic amines) is 1. The molecule has 1 atom stereocenters. The van der Waals surface area contributed by atoms with E-state index in [2.05, 4.69) is 0 Å². The van der Waals surface area contributed by atoms with Crippen molar-refractivity contribution in [2.24, 2.45) is 0 Å². The highest BCUT2D eigenvalue weighted by Crippen LogP contribution is 2.22. The molecule has 2 rings (SSSR count). The van der Waals surface area contributed by atoms with Gasteiger partial charge in [0.2, 0.25) is 0 Å². The number of amides is 1. The summed E-state index contributed by atoms with van der Waals surface area (Å²) in [6.07, 6.45) is 2.67. The Morgan fingerprint density at radius 1 is 1.40 bits per heavy atom. The van der Waals surface area contributed by atoms with Gasteiger partial charge in [-0.3, -0.25) is 4.79 Å². The first-order valence-electron chi connectivity index (χ1n) is 6.87. The molecule has 1 saturated heterocycles. The Kier molecular flexibility index (Phi) is 4.46. The van der Waals surface area contributed by atoms with Crippen LogP contribution in [-0.4, -0.2) is 30.0 Å². The van der Waals surface area contributed by atoms with E-state index in [4.69, 9.17) is 15.7 Å². The van der Waals surface area contributed by atoms with Gasteiger partial charge in [0.15, 0.2) is 6.10 Å². The van der Waals surface area contributed by atoms with Crippen molar-refractivity contribution in [1.29, 1.82) is 5.26 Å². The second-order valence-electron chi connectivity index (χ2n) is 5.01. The van der Waals surface area contributed by atoms with E-state index in [0.29, 0.717) is 17.0 Å². The molecular weight excluding hydrogens is 254 g/mol. The van der Waals surface area contributed by atoms with Crippen LogP contribution < -0.4 is 10.5 Å². The van der Waals surface area contributed by atoms with Gasteiger partial charge in [-0.2, -0.15) is 5.26 Å². The number of hydrogen-bond acceptors (Lipinski definition) is 4. The van der Waals surface area contributed by atoms with Crippen LogP contribution in [0.3, 0.4) is 0 Å². The Morgan fingerprint density at radius 3 is 2.75 bits per heavy atom. The van der Waals surface area contributed by atoms with Gasteiger partial charge in [-0.25, -0.2) is 0 Å². The van der Waals surface area contributed by atoms with Gasteiger partial charge in [-0.05, 0) is 44.4 Å². The minimum atomic E-state index is -0.594. The molecule has 1 unspecified atom stereocenters. The number of piperidine rings is 1. The van der Waals surface area contributed by atoms with Crippen LogP contribution in [0.2, 0.25) is 0 Å². The predicted molar refractivity (Wildman–Crippen MR) is 76.1 cm³/mol. The van der Waals surface area contributed by atoms with Gasteiger partial charge >= 0.3 is 0 Å². The number of benzene rings is 1. The van der Waals surface area contributed by atoms with E-state index in [0.717, 1.165) is 25.9 Å². The van der Waals surface area contributed by atoms with E-state index < -0.39 is 6.10 Å². The number of nitrogen functional groups attached to an aromatic ring is 1. The molecule has 1 aliphatic rings. The second-order valence-corrected chi connectivity index (χ2v) is 5.01. The summed E-state index contributed by atoms with van der Waals surface area (Å²) in [6.45, 7) is 3.30. The first kappa shape index (κ1) is 14.2. The summed E-state index contributed by atoms with van der Waals surface area (Å²) in [6, 6.07) is 6.87. The van der Waals surface area contributed by atoms with Crippen LogP contribution in [-0.2, 0) is 4.79 Å². The van der Waals surface area contributed by atoms with Crippen molar-refractivity contribution in [3.8, 4) is 11.8 Å². The number of rotatable bonds is 3. The molecule has 1 aromatic carbocycles. The maximum Gasteiger partial charge on any atom is 0.263 e. The summed E-state index contributed by atoms with van der Waals surface area (Å²) in [4.78, 5) is 14.1. The zero-order valence-electron chi connectivity index (χ0n) is 11.6. The Morgan fingerprint density at radius 2 is 2.10 bits per heavy atom. The van der Waals surface area contributed by atoms with Gasteiger partial charge in [-0.15, -0.1) is 0 Å². The largest absolute Gasteiger partial charge is 0.480 e.